The van der Waals surface area contributed by atoms with Crippen LogP contribution in [0, 0.1) is 0 Å². The Kier molecular flexibility index (Phi) is 6.52. The van der Waals surface area contributed by atoms with Crippen molar-refractivity contribution in [3.63, 3.8) is 0 Å². The van der Waals surface area contributed by atoms with E-state index in [0.717, 1.165) is 0 Å². The van der Waals surface area contributed by atoms with Crippen LogP contribution in [0.3, 0.4) is 0 Å². The molecule has 0 bridgehead atoms. The van der Waals surface area contributed by atoms with Crippen molar-refractivity contribution >= 4 is 40.7 Å². The summed E-state index contributed by atoms with van der Waals surface area (Å²) in [4.78, 5) is 30.1. The van der Waals surface area contributed by atoms with Gasteiger partial charge in [0.1, 0.15) is 11.3 Å². The van der Waals surface area contributed by atoms with Crippen LogP contribution in [0.1, 0.15) is 40.4 Å². The number of nitrogens with zero attached hydrogens (tertiary/aromatic N) is 3. The molecule has 1 aromatic carbocycles. The molecule has 9 nitrogen and oxygen atoms in total. The first-order chi connectivity index (χ1) is 16.5. The Morgan fingerprint density at radius 2 is 1.89 bits per heavy atom. The molecule has 35 heavy (non-hydrogen) atoms. The summed E-state index contributed by atoms with van der Waals surface area (Å²) < 4.78 is 51.6. The molecule has 14 heteroatoms. The van der Waals surface area contributed by atoms with Gasteiger partial charge in [0.05, 0.1) is 15.7 Å². The Morgan fingerprint density at radius 3 is 2.54 bits per heavy atom. The maximum Gasteiger partial charge on any atom is 0.435 e. The molecule has 1 aliphatic heterocycles. The predicted molar refractivity (Wildman–Crippen MR) is 120 cm³/mol. The highest BCUT2D eigenvalue weighted by molar-refractivity contribution is 6.35. The number of hydrogen-bond donors (Lipinski definition) is 2. The fourth-order valence-corrected chi connectivity index (χ4v) is 3.68. The Labute approximate surface area is 206 Å². The lowest BCUT2D eigenvalue weighted by molar-refractivity contribution is -0.141. The maximum atomic E-state index is 13.4. The summed E-state index contributed by atoms with van der Waals surface area (Å²) in [7, 11) is 0. The second-order valence-electron chi connectivity index (χ2n) is 7.56. The fourth-order valence-electron chi connectivity index (χ4n) is 3.24. The van der Waals surface area contributed by atoms with Gasteiger partial charge < -0.3 is 20.1 Å². The number of anilines is 1. The molecule has 184 valence electrons. The third-order valence-corrected chi connectivity index (χ3v) is 5.27. The number of pyridine rings is 1. The van der Waals surface area contributed by atoms with E-state index in [1.807, 2.05) is 0 Å². The highest BCUT2D eigenvalue weighted by atomic mass is 35.5. The van der Waals surface area contributed by atoms with Gasteiger partial charge in [0.25, 0.3) is 11.8 Å². The first-order valence-electron chi connectivity index (χ1n) is 9.99. The van der Waals surface area contributed by atoms with Crippen molar-refractivity contribution in [1.82, 2.24) is 20.1 Å². The van der Waals surface area contributed by atoms with Crippen LogP contribution in [0.5, 0.6) is 11.5 Å². The topological polar surface area (TPSA) is 107 Å². The van der Waals surface area contributed by atoms with Crippen LogP contribution in [0.15, 0.2) is 30.5 Å². The molecule has 3 aromatic rings. The van der Waals surface area contributed by atoms with Gasteiger partial charge in [-0.1, -0.05) is 23.2 Å². The molecule has 2 amide bonds. The molecular formula is C21H16Cl2F3N5O4. The number of fused-ring (bicyclic) bond motifs is 1. The zero-order chi connectivity index (χ0) is 25.5. The van der Waals surface area contributed by atoms with Crippen LogP contribution in [0.2, 0.25) is 10.0 Å². The SMILES string of the molecule is CC(C)NC(=O)c1c(NC(=O)c2cc(C(F)(F)F)nn2-c2ncccc2Cl)c(Cl)cc2c1OCO2. The van der Waals surface area contributed by atoms with Crippen molar-refractivity contribution in [3.8, 4) is 17.3 Å². The number of carbonyl (C=O) groups excluding carboxylic acids is 2. The van der Waals surface area contributed by atoms with E-state index in [1.165, 1.54) is 24.4 Å². The van der Waals surface area contributed by atoms with Crippen LogP contribution >= 0.6 is 23.2 Å². The number of amides is 2. The van der Waals surface area contributed by atoms with Crippen molar-refractivity contribution in [2.24, 2.45) is 0 Å². The molecule has 0 unspecified atom stereocenters. The highest BCUT2D eigenvalue weighted by Crippen LogP contribution is 2.44. The van der Waals surface area contributed by atoms with Gasteiger partial charge in [-0.3, -0.25) is 9.59 Å². The average molecular weight is 530 g/mol. The molecule has 0 spiro atoms. The number of aromatic nitrogens is 3. The molecule has 0 saturated carbocycles. The minimum atomic E-state index is -4.86. The Hall–Kier alpha value is -3.51. The van der Waals surface area contributed by atoms with Crippen molar-refractivity contribution in [1.29, 1.82) is 0 Å². The Bertz CT molecular complexity index is 1330. The van der Waals surface area contributed by atoms with E-state index in [-0.39, 0.29) is 51.4 Å². The normalized spacial score (nSPS) is 12.7. The molecule has 0 fully saturated rings. The number of carbonyl (C=O) groups is 2. The van der Waals surface area contributed by atoms with Gasteiger partial charge >= 0.3 is 6.18 Å². The van der Waals surface area contributed by atoms with Gasteiger partial charge in [-0.2, -0.15) is 18.3 Å². The number of hydrogen-bond acceptors (Lipinski definition) is 6. The molecule has 0 aliphatic carbocycles. The lowest BCUT2D eigenvalue weighted by Gasteiger charge is -2.17. The van der Waals surface area contributed by atoms with Gasteiger partial charge in [0.2, 0.25) is 6.79 Å². The van der Waals surface area contributed by atoms with Gasteiger partial charge in [-0.15, -0.1) is 0 Å². The van der Waals surface area contributed by atoms with Crippen molar-refractivity contribution < 1.29 is 32.2 Å². The molecule has 2 N–H and O–H groups in total. The number of alkyl halides is 3. The number of halogens is 5. The summed E-state index contributed by atoms with van der Waals surface area (Å²) in [6.45, 7) is 3.24. The van der Waals surface area contributed by atoms with Crippen LogP contribution in [0.25, 0.3) is 5.82 Å². The molecule has 2 aromatic heterocycles. The second kappa shape index (κ2) is 9.27. The smallest absolute Gasteiger partial charge is 0.435 e. The van der Waals surface area contributed by atoms with Crippen LogP contribution in [0.4, 0.5) is 18.9 Å². The van der Waals surface area contributed by atoms with Gasteiger partial charge in [0.15, 0.2) is 23.0 Å². The summed E-state index contributed by atoms with van der Waals surface area (Å²) in [5, 5.41) is 8.40. The third-order valence-electron chi connectivity index (χ3n) is 4.67. The minimum absolute atomic E-state index is 0.0279. The molecule has 1 aliphatic rings. The van der Waals surface area contributed by atoms with Crippen LogP contribution < -0.4 is 20.1 Å². The van der Waals surface area contributed by atoms with E-state index in [9.17, 15) is 22.8 Å². The van der Waals surface area contributed by atoms with Crippen molar-refractivity contribution in [3.05, 3.63) is 57.5 Å². The van der Waals surface area contributed by atoms with Gasteiger partial charge in [-0.05, 0) is 26.0 Å². The molecule has 3 heterocycles. The lowest BCUT2D eigenvalue weighted by atomic mass is 10.1. The zero-order valence-corrected chi connectivity index (χ0v) is 19.5. The zero-order valence-electron chi connectivity index (χ0n) is 18.0. The molecule has 0 saturated heterocycles. The van der Waals surface area contributed by atoms with Gasteiger partial charge in [-0.25, -0.2) is 9.67 Å². The second-order valence-corrected chi connectivity index (χ2v) is 8.37. The van der Waals surface area contributed by atoms with E-state index in [2.05, 4.69) is 20.7 Å². The quantitative estimate of drug-likeness (QED) is 0.495. The standard InChI is InChI=1S/C21H16Cl2F3N5O4/c1-9(2)28-20(33)15-16(11(23)6-13-17(15)35-8-34-13)29-19(32)12-7-14(21(24,25)26)30-31(12)18-10(22)4-3-5-27-18/h3-7,9H,8H2,1-2H3,(H,28,33)(H,29,32). The first-order valence-corrected chi connectivity index (χ1v) is 10.8. The fraction of sp³-hybridized carbons (Fsp3) is 0.238. The van der Waals surface area contributed by atoms with E-state index in [1.54, 1.807) is 13.8 Å². The average Bonchev–Trinajstić information content (AvgIpc) is 3.41. The number of ether oxygens (including phenoxy) is 2. The lowest BCUT2D eigenvalue weighted by Crippen LogP contribution is -2.31. The van der Waals surface area contributed by atoms with Crippen molar-refractivity contribution in [2.45, 2.75) is 26.1 Å². The number of benzene rings is 1. The summed E-state index contributed by atoms with van der Waals surface area (Å²) in [5.74, 6) is -1.71. The van der Waals surface area contributed by atoms with Crippen LogP contribution in [-0.4, -0.2) is 39.4 Å². The van der Waals surface area contributed by atoms with E-state index >= 15 is 0 Å². The van der Waals surface area contributed by atoms with E-state index < -0.39 is 29.4 Å². The monoisotopic (exact) mass is 529 g/mol. The summed E-state index contributed by atoms with van der Waals surface area (Å²) >= 11 is 12.4. The van der Waals surface area contributed by atoms with E-state index in [0.29, 0.717) is 10.7 Å². The van der Waals surface area contributed by atoms with Crippen molar-refractivity contribution in [2.75, 3.05) is 12.1 Å². The largest absolute Gasteiger partial charge is 0.454 e. The minimum Gasteiger partial charge on any atom is -0.454 e. The molecule has 0 atom stereocenters. The Morgan fingerprint density at radius 1 is 1.14 bits per heavy atom. The maximum absolute atomic E-state index is 13.4. The third kappa shape index (κ3) is 4.84. The number of nitrogens with one attached hydrogen (secondary N) is 2. The van der Waals surface area contributed by atoms with E-state index in [4.69, 9.17) is 32.7 Å². The Balaban J connectivity index is 1.82. The first kappa shape index (κ1) is 24.6. The molecule has 4 rings (SSSR count). The molecule has 0 radical (unpaired) electrons. The summed E-state index contributed by atoms with van der Waals surface area (Å²) in [6.07, 6.45) is -3.58. The van der Waals surface area contributed by atoms with Crippen LogP contribution in [-0.2, 0) is 6.18 Å². The van der Waals surface area contributed by atoms with Gasteiger partial charge in [0, 0.05) is 24.4 Å². The summed E-state index contributed by atoms with van der Waals surface area (Å²) in [5.41, 5.74) is -2.24. The number of rotatable bonds is 5. The highest BCUT2D eigenvalue weighted by Gasteiger charge is 2.37. The molecular weight excluding hydrogens is 514 g/mol. The predicted octanol–water partition coefficient (Wildman–Crippen LogP) is 4.71. The summed E-state index contributed by atoms with van der Waals surface area (Å²) in [6, 6.07) is 4.41.